The lowest BCUT2D eigenvalue weighted by atomic mass is 9.85. The number of hydrogen-bond donors (Lipinski definition) is 2. The van der Waals surface area contributed by atoms with E-state index in [1.54, 1.807) is 0 Å². The molecule has 1 amide bonds. The summed E-state index contributed by atoms with van der Waals surface area (Å²) in [5.41, 5.74) is 0. The predicted molar refractivity (Wildman–Crippen MR) is 58.5 cm³/mol. The molecule has 1 aliphatic carbocycles. The molecule has 0 spiro atoms. The molecule has 0 radical (unpaired) electrons. The number of nitrogens with one attached hydrogen (secondary N) is 2. The topological polar surface area (TPSA) is 41.1 Å². The predicted octanol–water partition coefficient (Wildman–Crippen LogP) is 1.83. The highest BCUT2D eigenvalue weighted by Gasteiger charge is 2.41. The fourth-order valence-electron chi connectivity index (χ4n) is 2.14. The first-order valence-corrected chi connectivity index (χ1v) is 5.94. The molecule has 0 aliphatic heterocycles. The maximum absolute atomic E-state index is 12.4. The van der Waals surface area contributed by atoms with Gasteiger partial charge in [-0.05, 0) is 25.7 Å². The molecule has 0 atom stereocenters. The van der Waals surface area contributed by atoms with Gasteiger partial charge in [0.05, 0.1) is 5.92 Å². The van der Waals surface area contributed by atoms with Gasteiger partial charge in [-0.2, -0.15) is 13.2 Å². The van der Waals surface area contributed by atoms with Crippen LogP contribution in [0, 0.1) is 5.92 Å². The molecule has 1 fully saturated rings. The summed E-state index contributed by atoms with van der Waals surface area (Å²) in [6.07, 6.45) is -2.50. The van der Waals surface area contributed by atoms with Crippen molar-refractivity contribution in [2.75, 3.05) is 13.1 Å². The van der Waals surface area contributed by atoms with Crippen LogP contribution in [0.3, 0.4) is 0 Å². The van der Waals surface area contributed by atoms with Crippen molar-refractivity contribution in [3.05, 3.63) is 0 Å². The van der Waals surface area contributed by atoms with Crippen molar-refractivity contribution in [3.8, 4) is 0 Å². The molecule has 0 aromatic carbocycles. The van der Waals surface area contributed by atoms with E-state index < -0.39 is 12.1 Å². The molecule has 0 aromatic rings. The number of amides is 1. The highest BCUT2D eigenvalue weighted by Crippen LogP contribution is 2.37. The average molecular weight is 252 g/mol. The Balaban J connectivity index is 2.13. The van der Waals surface area contributed by atoms with Gasteiger partial charge in [0.25, 0.3) is 0 Å². The Hall–Kier alpha value is -0.780. The van der Waals surface area contributed by atoms with E-state index in [-0.39, 0.29) is 24.8 Å². The Morgan fingerprint density at radius 1 is 1.18 bits per heavy atom. The van der Waals surface area contributed by atoms with Gasteiger partial charge in [0, 0.05) is 26.1 Å². The fraction of sp³-hybridized carbons (Fsp3) is 0.909. The molecule has 0 heterocycles. The summed E-state index contributed by atoms with van der Waals surface area (Å²) in [5.74, 6) is -1.22. The number of carbonyl (C=O) groups excluding carboxylic acids is 1. The molecule has 0 aromatic heterocycles. The molecule has 6 heteroatoms. The molecule has 0 bridgehead atoms. The summed E-state index contributed by atoms with van der Waals surface area (Å²) in [4.78, 5) is 10.6. The maximum Gasteiger partial charge on any atom is 0.391 e. The first kappa shape index (κ1) is 14.3. The van der Waals surface area contributed by atoms with Crippen molar-refractivity contribution in [2.24, 2.45) is 5.92 Å². The molecule has 2 N–H and O–H groups in total. The smallest absolute Gasteiger partial charge is 0.355 e. The van der Waals surface area contributed by atoms with E-state index in [1.807, 2.05) is 0 Å². The van der Waals surface area contributed by atoms with Crippen LogP contribution >= 0.6 is 0 Å². The van der Waals surface area contributed by atoms with E-state index in [2.05, 4.69) is 10.6 Å². The van der Waals surface area contributed by atoms with E-state index in [0.717, 1.165) is 0 Å². The monoisotopic (exact) mass is 252 g/mol. The molecular weight excluding hydrogens is 233 g/mol. The zero-order valence-electron chi connectivity index (χ0n) is 9.94. The van der Waals surface area contributed by atoms with E-state index in [0.29, 0.717) is 25.9 Å². The van der Waals surface area contributed by atoms with E-state index in [4.69, 9.17) is 0 Å². The Morgan fingerprint density at radius 3 is 2.24 bits per heavy atom. The lowest BCUT2D eigenvalue weighted by molar-refractivity contribution is -0.182. The van der Waals surface area contributed by atoms with E-state index in [9.17, 15) is 18.0 Å². The highest BCUT2D eigenvalue weighted by atomic mass is 19.4. The molecule has 0 unspecified atom stereocenters. The molecule has 1 rings (SSSR count). The van der Waals surface area contributed by atoms with Crippen LogP contribution in [0.5, 0.6) is 0 Å². The molecule has 3 nitrogen and oxygen atoms in total. The molecular formula is C11H19F3N2O. The van der Waals surface area contributed by atoms with Crippen molar-refractivity contribution >= 4 is 5.91 Å². The van der Waals surface area contributed by atoms with Crippen LogP contribution in [0.4, 0.5) is 13.2 Å². The summed E-state index contributed by atoms with van der Waals surface area (Å²) < 4.78 is 37.2. The second-order valence-electron chi connectivity index (χ2n) is 4.53. The second kappa shape index (κ2) is 6.23. The quantitative estimate of drug-likeness (QED) is 0.749. The van der Waals surface area contributed by atoms with E-state index >= 15 is 0 Å². The summed E-state index contributed by atoms with van der Waals surface area (Å²) in [6, 6.07) is 0.155. The van der Waals surface area contributed by atoms with Crippen LogP contribution in [0.1, 0.15) is 32.6 Å². The SMILES string of the molecule is CC(=O)NCCNC1CCC(C(F)(F)F)CC1. The molecule has 100 valence electrons. The van der Waals surface area contributed by atoms with Crippen LogP contribution in [-0.2, 0) is 4.79 Å². The number of rotatable bonds is 4. The second-order valence-corrected chi connectivity index (χ2v) is 4.53. The van der Waals surface area contributed by atoms with Gasteiger partial charge in [-0.1, -0.05) is 0 Å². The maximum atomic E-state index is 12.4. The Labute approximate surface area is 99.1 Å². The summed E-state index contributed by atoms with van der Waals surface area (Å²) in [6.45, 7) is 2.57. The number of carbonyl (C=O) groups is 1. The van der Waals surface area contributed by atoms with Crippen molar-refractivity contribution in [1.82, 2.24) is 10.6 Å². The molecule has 1 saturated carbocycles. The van der Waals surface area contributed by atoms with Crippen LogP contribution in [0.2, 0.25) is 0 Å². The van der Waals surface area contributed by atoms with Gasteiger partial charge in [0.2, 0.25) is 5.91 Å². The minimum atomic E-state index is -4.04. The van der Waals surface area contributed by atoms with Crippen LogP contribution < -0.4 is 10.6 Å². The van der Waals surface area contributed by atoms with E-state index in [1.165, 1.54) is 6.92 Å². The summed E-state index contributed by atoms with van der Waals surface area (Å²) in [5, 5.41) is 5.80. The minimum Gasteiger partial charge on any atom is -0.355 e. The standard InChI is InChI=1S/C11H19F3N2O/c1-8(17)15-6-7-16-10-4-2-9(3-5-10)11(12,13)14/h9-10,16H,2-7H2,1H3,(H,15,17). The summed E-state index contributed by atoms with van der Waals surface area (Å²) >= 11 is 0. The lowest BCUT2D eigenvalue weighted by Gasteiger charge is -2.30. The molecule has 0 saturated heterocycles. The molecule has 17 heavy (non-hydrogen) atoms. The molecule has 1 aliphatic rings. The fourth-order valence-corrected chi connectivity index (χ4v) is 2.14. The van der Waals surface area contributed by atoms with Crippen LogP contribution in [0.15, 0.2) is 0 Å². The first-order valence-electron chi connectivity index (χ1n) is 5.94. The third-order valence-electron chi connectivity index (χ3n) is 3.12. The zero-order chi connectivity index (χ0) is 12.9. The van der Waals surface area contributed by atoms with Crippen molar-refractivity contribution in [2.45, 2.75) is 44.8 Å². The van der Waals surface area contributed by atoms with Gasteiger partial charge in [-0.15, -0.1) is 0 Å². The van der Waals surface area contributed by atoms with Crippen molar-refractivity contribution < 1.29 is 18.0 Å². The van der Waals surface area contributed by atoms with Gasteiger partial charge < -0.3 is 10.6 Å². The zero-order valence-corrected chi connectivity index (χ0v) is 9.94. The normalized spacial score (nSPS) is 25.6. The van der Waals surface area contributed by atoms with Crippen molar-refractivity contribution in [3.63, 3.8) is 0 Å². The first-order chi connectivity index (χ1) is 7.89. The van der Waals surface area contributed by atoms with Crippen molar-refractivity contribution in [1.29, 1.82) is 0 Å². The van der Waals surface area contributed by atoms with Gasteiger partial charge in [-0.3, -0.25) is 4.79 Å². The Bertz CT molecular complexity index is 248. The largest absolute Gasteiger partial charge is 0.391 e. The van der Waals surface area contributed by atoms with Crippen LogP contribution in [0.25, 0.3) is 0 Å². The highest BCUT2D eigenvalue weighted by molar-refractivity contribution is 5.72. The third-order valence-corrected chi connectivity index (χ3v) is 3.12. The summed E-state index contributed by atoms with van der Waals surface area (Å²) in [7, 11) is 0. The Morgan fingerprint density at radius 2 is 1.76 bits per heavy atom. The van der Waals surface area contributed by atoms with Gasteiger partial charge >= 0.3 is 6.18 Å². The minimum absolute atomic E-state index is 0.0902. The third kappa shape index (κ3) is 5.39. The van der Waals surface area contributed by atoms with Gasteiger partial charge in [0.15, 0.2) is 0 Å². The Kier molecular flexibility index (Phi) is 5.24. The number of alkyl halides is 3. The van der Waals surface area contributed by atoms with Crippen LogP contribution in [-0.4, -0.2) is 31.2 Å². The van der Waals surface area contributed by atoms with Gasteiger partial charge in [-0.25, -0.2) is 0 Å². The number of halogens is 3. The van der Waals surface area contributed by atoms with Gasteiger partial charge in [0.1, 0.15) is 0 Å². The average Bonchev–Trinajstić information content (AvgIpc) is 2.23. The number of hydrogen-bond acceptors (Lipinski definition) is 2. The lowest BCUT2D eigenvalue weighted by Crippen LogP contribution is -2.40.